The standard InChI is InChI=1S/C42H29N3/c1-42(2)32-21-11-8-18-29(32)38-39(42)28-17-7-6-16-27(28)37-30-19-9-12-22-33(30)45(41(37)38)36-25-24-35-40(43-36)31-20-10-13-23-34(31)44(35)26-14-4-3-5-15-26/h3-25H,1-2H3. The first-order chi connectivity index (χ1) is 22.1. The zero-order valence-electron chi connectivity index (χ0n) is 25.1. The zero-order chi connectivity index (χ0) is 29.9. The van der Waals surface area contributed by atoms with E-state index in [9.17, 15) is 0 Å². The molecule has 3 aromatic heterocycles. The third kappa shape index (κ3) is 3.12. The second-order valence-electron chi connectivity index (χ2n) is 12.8. The molecule has 0 unspecified atom stereocenters. The van der Waals surface area contributed by atoms with Crippen LogP contribution in [0.5, 0.6) is 0 Å². The lowest BCUT2D eigenvalue weighted by molar-refractivity contribution is 0.666. The van der Waals surface area contributed by atoms with Crippen LogP contribution in [0.4, 0.5) is 0 Å². The van der Waals surface area contributed by atoms with E-state index in [-0.39, 0.29) is 5.41 Å². The number of hydrogen-bond donors (Lipinski definition) is 0. The van der Waals surface area contributed by atoms with Gasteiger partial charge in [-0.15, -0.1) is 0 Å². The van der Waals surface area contributed by atoms with Crippen LogP contribution in [-0.4, -0.2) is 14.1 Å². The molecule has 3 heteroatoms. The van der Waals surface area contributed by atoms with Crippen molar-refractivity contribution in [2.45, 2.75) is 19.3 Å². The molecule has 0 spiro atoms. The molecule has 9 aromatic rings. The second-order valence-corrected chi connectivity index (χ2v) is 12.8. The number of nitrogens with zero attached hydrogens (tertiary/aromatic N) is 3. The van der Waals surface area contributed by atoms with Crippen molar-refractivity contribution in [1.82, 2.24) is 14.1 Å². The fourth-order valence-electron chi connectivity index (χ4n) is 8.25. The molecule has 0 amide bonds. The number of benzene rings is 6. The maximum atomic E-state index is 5.53. The van der Waals surface area contributed by atoms with E-state index in [1.807, 2.05) is 0 Å². The quantitative estimate of drug-likeness (QED) is 0.201. The fourth-order valence-corrected chi connectivity index (χ4v) is 8.25. The highest BCUT2D eigenvalue weighted by molar-refractivity contribution is 6.27. The molecule has 3 nitrogen and oxygen atoms in total. The van der Waals surface area contributed by atoms with Crippen molar-refractivity contribution in [3.8, 4) is 22.6 Å². The molecule has 212 valence electrons. The molecule has 0 bridgehead atoms. The molecule has 0 saturated carbocycles. The average molecular weight is 576 g/mol. The van der Waals surface area contributed by atoms with Gasteiger partial charge in [-0.3, -0.25) is 4.57 Å². The van der Waals surface area contributed by atoms with Gasteiger partial charge < -0.3 is 4.57 Å². The van der Waals surface area contributed by atoms with Crippen molar-refractivity contribution >= 4 is 54.5 Å². The van der Waals surface area contributed by atoms with Gasteiger partial charge in [0.05, 0.1) is 27.6 Å². The van der Waals surface area contributed by atoms with Crippen molar-refractivity contribution in [3.05, 3.63) is 151 Å². The topological polar surface area (TPSA) is 22.8 Å². The van der Waals surface area contributed by atoms with Crippen LogP contribution in [-0.2, 0) is 5.41 Å². The summed E-state index contributed by atoms with van der Waals surface area (Å²) in [5.41, 5.74) is 12.1. The maximum absolute atomic E-state index is 5.53. The van der Waals surface area contributed by atoms with Crippen molar-refractivity contribution in [1.29, 1.82) is 0 Å². The zero-order valence-corrected chi connectivity index (χ0v) is 25.1. The highest BCUT2D eigenvalue weighted by Gasteiger charge is 2.39. The maximum Gasteiger partial charge on any atom is 0.138 e. The molecular weight excluding hydrogens is 546 g/mol. The Morgan fingerprint density at radius 2 is 1.13 bits per heavy atom. The average Bonchev–Trinajstić information content (AvgIpc) is 3.69. The van der Waals surface area contributed by atoms with Gasteiger partial charge in [0.2, 0.25) is 0 Å². The number of rotatable bonds is 2. The van der Waals surface area contributed by atoms with Crippen LogP contribution >= 0.6 is 0 Å². The van der Waals surface area contributed by atoms with Crippen molar-refractivity contribution < 1.29 is 0 Å². The van der Waals surface area contributed by atoms with Crippen molar-refractivity contribution in [2.24, 2.45) is 0 Å². The van der Waals surface area contributed by atoms with Crippen LogP contribution in [0.15, 0.2) is 140 Å². The van der Waals surface area contributed by atoms with Crippen LogP contribution in [0, 0.1) is 0 Å². The summed E-state index contributed by atoms with van der Waals surface area (Å²) in [4.78, 5) is 5.53. The first kappa shape index (κ1) is 24.7. The summed E-state index contributed by atoms with van der Waals surface area (Å²) in [6.07, 6.45) is 0. The molecule has 0 radical (unpaired) electrons. The molecule has 0 fully saturated rings. The van der Waals surface area contributed by atoms with Crippen molar-refractivity contribution in [3.63, 3.8) is 0 Å². The SMILES string of the molecule is CC1(C)c2ccccc2-c2c1c1ccccc1c1c3ccccc3n(-c3ccc4c(n3)c3ccccc3n4-c3ccccc3)c21. The van der Waals surface area contributed by atoms with E-state index in [1.54, 1.807) is 0 Å². The minimum absolute atomic E-state index is 0.137. The Labute approximate surface area is 260 Å². The highest BCUT2D eigenvalue weighted by Crippen LogP contribution is 2.56. The molecule has 1 aliphatic rings. The summed E-state index contributed by atoms with van der Waals surface area (Å²) in [5, 5.41) is 6.33. The normalized spacial score (nSPS) is 13.7. The van der Waals surface area contributed by atoms with Crippen LogP contribution in [0.3, 0.4) is 0 Å². The van der Waals surface area contributed by atoms with Crippen LogP contribution < -0.4 is 0 Å². The lowest BCUT2D eigenvalue weighted by Crippen LogP contribution is -2.15. The van der Waals surface area contributed by atoms with Crippen molar-refractivity contribution in [2.75, 3.05) is 0 Å². The third-order valence-corrected chi connectivity index (χ3v) is 10.1. The summed E-state index contributed by atoms with van der Waals surface area (Å²) in [6, 6.07) is 50.5. The smallest absolute Gasteiger partial charge is 0.138 e. The summed E-state index contributed by atoms with van der Waals surface area (Å²) in [6.45, 7) is 4.76. The Morgan fingerprint density at radius 1 is 0.511 bits per heavy atom. The Bertz CT molecular complexity index is 2670. The first-order valence-electron chi connectivity index (χ1n) is 15.7. The van der Waals surface area contributed by atoms with E-state index in [1.165, 1.54) is 54.8 Å². The van der Waals surface area contributed by atoms with E-state index < -0.39 is 0 Å². The second kappa shape index (κ2) is 8.71. The van der Waals surface area contributed by atoms with E-state index in [2.05, 4.69) is 163 Å². The Morgan fingerprint density at radius 3 is 1.93 bits per heavy atom. The van der Waals surface area contributed by atoms with Gasteiger partial charge in [0.25, 0.3) is 0 Å². The van der Waals surface area contributed by atoms with Gasteiger partial charge in [0, 0.05) is 32.8 Å². The fraction of sp³-hybridized carbons (Fsp3) is 0.0714. The van der Waals surface area contributed by atoms with Gasteiger partial charge in [-0.2, -0.15) is 0 Å². The Balaban J connectivity index is 1.40. The summed E-state index contributed by atoms with van der Waals surface area (Å²) in [7, 11) is 0. The Hall–Kier alpha value is -5.67. The molecule has 10 rings (SSSR count). The predicted molar refractivity (Wildman–Crippen MR) is 188 cm³/mol. The number of aromatic nitrogens is 3. The van der Waals surface area contributed by atoms with E-state index in [0.717, 1.165) is 33.4 Å². The van der Waals surface area contributed by atoms with Gasteiger partial charge in [-0.1, -0.05) is 117 Å². The summed E-state index contributed by atoms with van der Waals surface area (Å²) in [5.74, 6) is 0.935. The summed E-state index contributed by atoms with van der Waals surface area (Å²) < 4.78 is 4.76. The van der Waals surface area contributed by atoms with E-state index in [4.69, 9.17) is 4.98 Å². The van der Waals surface area contributed by atoms with Crippen LogP contribution in [0.1, 0.15) is 25.0 Å². The predicted octanol–water partition coefficient (Wildman–Crippen LogP) is 10.7. The molecular formula is C42H29N3. The molecule has 1 aliphatic carbocycles. The molecule has 45 heavy (non-hydrogen) atoms. The molecule has 0 N–H and O–H groups in total. The molecule has 0 aliphatic heterocycles. The van der Waals surface area contributed by atoms with Gasteiger partial charge in [0.1, 0.15) is 5.82 Å². The van der Waals surface area contributed by atoms with Gasteiger partial charge in [-0.05, 0) is 63.9 Å². The largest absolute Gasteiger partial charge is 0.308 e. The van der Waals surface area contributed by atoms with Gasteiger partial charge in [0.15, 0.2) is 0 Å². The number of para-hydroxylation sites is 3. The summed E-state index contributed by atoms with van der Waals surface area (Å²) >= 11 is 0. The molecule has 0 atom stereocenters. The van der Waals surface area contributed by atoms with Crippen LogP contribution in [0.2, 0.25) is 0 Å². The molecule has 0 saturated heterocycles. The molecule has 3 heterocycles. The van der Waals surface area contributed by atoms with E-state index in [0.29, 0.717) is 0 Å². The third-order valence-electron chi connectivity index (χ3n) is 10.1. The lowest BCUT2D eigenvalue weighted by Gasteiger charge is -2.23. The van der Waals surface area contributed by atoms with Gasteiger partial charge in [-0.25, -0.2) is 4.98 Å². The van der Waals surface area contributed by atoms with Gasteiger partial charge >= 0.3 is 0 Å². The van der Waals surface area contributed by atoms with E-state index >= 15 is 0 Å². The number of hydrogen-bond acceptors (Lipinski definition) is 1. The first-order valence-corrected chi connectivity index (χ1v) is 15.7. The lowest BCUT2D eigenvalue weighted by atomic mass is 9.79. The van der Waals surface area contributed by atoms with Crippen LogP contribution in [0.25, 0.3) is 77.1 Å². The molecule has 6 aromatic carbocycles. The minimum atomic E-state index is -0.137. The highest BCUT2D eigenvalue weighted by atomic mass is 15.1. The Kier molecular flexibility index (Phi) is 4.79. The number of fused-ring (bicyclic) bond motifs is 13. The minimum Gasteiger partial charge on any atom is -0.308 e. The number of pyridine rings is 1. The monoisotopic (exact) mass is 575 g/mol.